The van der Waals surface area contributed by atoms with Gasteiger partial charge in [0.15, 0.2) is 10.1 Å². The molecule has 0 radical (unpaired) electrons. The molecule has 0 saturated carbocycles. The van der Waals surface area contributed by atoms with Gasteiger partial charge in [0, 0.05) is 22.7 Å². The molecule has 2 aromatic carbocycles. The Balaban J connectivity index is 1.51. The van der Waals surface area contributed by atoms with Gasteiger partial charge in [-0.3, -0.25) is 9.59 Å². The standard InChI is InChI=1S/C20H18N2O3S2/c1-25-17-9-5-8-15(10-17)21-19(24)11-16-12-26-20(22-16)27-13-18(23)14-6-3-2-4-7-14/h2-10,12H,11,13H2,1H3,(H,21,24). The van der Waals surface area contributed by atoms with Crippen LogP contribution in [0.15, 0.2) is 64.3 Å². The molecule has 0 spiro atoms. The highest BCUT2D eigenvalue weighted by atomic mass is 32.2. The number of thioether (sulfide) groups is 1. The molecule has 0 bridgehead atoms. The number of aromatic nitrogens is 1. The van der Waals surface area contributed by atoms with Gasteiger partial charge in [-0.05, 0) is 12.1 Å². The van der Waals surface area contributed by atoms with Gasteiger partial charge in [0.25, 0.3) is 0 Å². The summed E-state index contributed by atoms with van der Waals surface area (Å²) in [6.07, 6.45) is 0.181. The fourth-order valence-corrected chi connectivity index (χ4v) is 4.08. The lowest BCUT2D eigenvalue weighted by atomic mass is 10.2. The number of nitrogens with one attached hydrogen (secondary N) is 1. The summed E-state index contributed by atoms with van der Waals surface area (Å²) >= 11 is 2.83. The van der Waals surface area contributed by atoms with Crippen LogP contribution in [-0.4, -0.2) is 29.5 Å². The number of ether oxygens (including phenoxy) is 1. The Morgan fingerprint density at radius 2 is 1.96 bits per heavy atom. The number of hydrogen-bond donors (Lipinski definition) is 1. The molecule has 7 heteroatoms. The van der Waals surface area contributed by atoms with Crippen molar-refractivity contribution in [1.82, 2.24) is 4.98 Å². The zero-order chi connectivity index (χ0) is 19.1. The zero-order valence-electron chi connectivity index (χ0n) is 14.7. The first kappa shape index (κ1) is 19.1. The van der Waals surface area contributed by atoms with E-state index in [0.29, 0.717) is 28.4 Å². The number of carbonyl (C=O) groups is 2. The third kappa shape index (κ3) is 5.67. The van der Waals surface area contributed by atoms with E-state index in [1.165, 1.54) is 23.1 Å². The Morgan fingerprint density at radius 1 is 1.15 bits per heavy atom. The van der Waals surface area contributed by atoms with Crippen LogP contribution >= 0.6 is 23.1 Å². The van der Waals surface area contributed by atoms with Crippen LogP contribution in [0, 0.1) is 0 Å². The molecule has 138 valence electrons. The summed E-state index contributed by atoms with van der Waals surface area (Å²) in [6, 6.07) is 16.4. The van der Waals surface area contributed by atoms with E-state index in [9.17, 15) is 9.59 Å². The van der Waals surface area contributed by atoms with Crippen LogP contribution in [0.4, 0.5) is 5.69 Å². The average molecular weight is 399 g/mol. The average Bonchev–Trinajstić information content (AvgIpc) is 3.14. The second-order valence-electron chi connectivity index (χ2n) is 5.64. The summed E-state index contributed by atoms with van der Waals surface area (Å²) in [4.78, 5) is 28.8. The van der Waals surface area contributed by atoms with E-state index in [-0.39, 0.29) is 18.1 Å². The van der Waals surface area contributed by atoms with E-state index in [0.717, 1.165) is 4.34 Å². The Kier molecular flexibility index (Phi) is 6.62. The smallest absolute Gasteiger partial charge is 0.230 e. The third-order valence-corrected chi connectivity index (χ3v) is 5.72. The number of anilines is 1. The van der Waals surface area contributed by atoms with Crippen molar-refractivity contribution in [2.75, 3.05) is 18.2 Å². The third-order valence-electron chi connectivity index (χ3n) is 3.65. The van der Waals surface area contributed by atoms with E-state index < -0.39 is 0 Å². The van der Waals surface area contributed by atoms with E-state index >= 15 is 0 Å². The van der Waals surface area contributed by atoms with E-state index in [4.69, 9.17) is 4.74 Å². The summed E-state index contributed by atoms with van der Waals surface area (Å²) in [5.41, 5.74) is 2.06. The Labute approximate surface area is 165 Å². The summed E-state index contributed by atoms with van der Waals surface area (Å²) in [5, 5.41) is 4.68. The maximum Gasteiger partial charge on any atom is 0.230 e. The maximum atomic E-state index is 12.2. The highest BCUT2D eigenvalue weighted by Crippen LogP contribution is 2.24. The highest BCUT2D eigenvalue weighted by Gasteiger charge is 2.11. The molecule has 0 atom stereocenters. The minimum absolute atomic E-state index is 0.0631. The predicted molar refractivity (Wildman–Crippen MR) is 109 cm³/mol. The van der Waals surface area contributed by atoms with Crippen molar-refractivity contribution in [3.05, 3.63) is 71.2 Å². The molecular weight excluding hydrogens is 380 g/mol. The topological polar surface area (TPSA) is 68.3 Å². The summed E-state index contributed by atoms with van der Waals surface area (Å²) < 4.78 is 5.92. The summed E-state index contributed by atoms with van der Waals surface area (Å²) in [5.74, 6) is 0.925. The number of methoxy groups -OCH3 is 1. The number of nitrogens with zero attached hydrogens (tertiary/aromatic N) is 1. The molecule has 0 fully saturated rings. The van der Waals surface area contributed by atoms with Gasteiger partial charge >= 0.3 is 0 Å². The second-order valence-corrected chi connectivity index (χ2v) is 7.72. The number of ketones is 1. The molecule has 0 unspecified atom stereocenters. The van der Waals surface area contributed by atoms with Crippen molar-refractivity contribution < 1.29 is 14.3 Å². The number of carbonyl (C=O) groups excluding carboxylic acids is 2. The molecule has 0 saturated heterocycles. The van der Waals surface area contributed by atoms with Crippen LogP contribution in [0.5, 0.6) is 5.75 Å². The van der Waals surface area contributed by atoms with Crippen molar-refractivity contribution in [3.63, 3.8) is 0 Å². The quantitative estimate of drug-likeness (QED) is 0.452. The molecule has 1 heterocycles. The SMILES string of the molecule is COc1cccc(NC(=O)Cc2csc(SCC(=O)c3ccccc3)n2)c1. The second kappa shape index (κ2) is 9.34. The fourth-order valence-electron chi connectivity index (χ4n) is 2.34. The van der Waals surface area contributed by atoms with E-state index in [1.807, 2.05) is 35.7 Å². The van der Waals surface area contributed by atoms with Gasteiger partial charge in [0.2, 0.25) is 5.91 Å². The van der Waals surface area contributed by atoms with Crippen LogP contribution in [0.2, 0.25) is 0 Å². The molecule has 3 aromatic rings. The van der Waals surface area contributed by atoms with E-state index in [2.05, 4.69) is 10.3 Å². The molecule has 27 heavy (non-hydrogen) atoms. The lowest BCUT2D eigenvalue weighted by Gasteiger charge is -2.06. The minimum atomic E-state index is -0.148. The molecule has 0 aliphatic rings. The van der Waals surface area contributed by atoms with Gasteiger partial charge < -0.3 is 10.1 Å². The monoisotopic (exact) mass is 398 g/mol. The predicted octanol–water partition coefficient (Wildman–Crippen LogP) is 4.31. The lowest BCUT2D eigenvalue weighted by Crippen LogP contribution is -2.14. The number of benzene rings is 2. The molecule has 1 aromatic heterocycles. The van der Waals surface area contributed by atoms with Crippen molar-refractivity contribution in [3.8, 4) is 5.75 Å². The van der Waals surface area contributed by atoms with Crippen LogP contribution in [-0.2, 0) is 11.2 Å². The Bertz CT molecular complexity index is 926. The van der Waals surface area contributed by atoms with Crippen molar-refractivity contribution in [1.29, 1.82) is 0 Å². The highest BCUT2D eigenvalue weighted by molar-refractivity contribution is 8.01. The largest absolute Gasteiger partial charge is 0.497 e. The van der Waals surface area contributed by atoms with Crippen LogP contribution in [0.3, 0.4) is 0 Å². The molecular formula is C20H18N2O3S2. The van der Waals surface area contributed by atoms with Crippen molar-refractivity contribution >= 4 is 40.5 Å². The minimum Gasteiger partial charge on any atom is -0.497 e. The Hall–Kier alpha value is -2.64. The molecule has 5 nitrogen and oxygen atoms in total. The summed E-state index contributed by atoms with van der Waals surface area (Å²) in [6.45, 7) is 0. The van der Waals surface area contributed by atoms with Gasteiger partial charge in [0.05, 0.1) is 25.0 Å². The van der Waals surface area contributed by atoms with Crippen molar-refractivity contribution in [2.45, 2.75) is 10.8 Å². The number of hydrogen-bond acceptors (Lipinski definition) is 6. The number of rotatable bonds is 8. The van der Waals surface area contributed by atoms with Gasteiger partial charge in [-0.2, -0.15) is 0 Å². The summed E-state index contributed by atoms with van der Waals surface area (Å²) in [7, 11) is 1.58. The molecule has 1 N–H and O–H groups in total. The first-order valence-electron chi connectivity index (χ1n) is 8.23. The maximum absolute atomic E-state index is 12.2. The molecule has 1 amide bonds. The first-order valence-corrected chi connectivity index (χ1v) is 10.1. The van der Waals surface area contributed by atoms with Gasteiger partial charge in [-0.1, -0.05) is 48.2 Å². The van der Waals surface area contributed by atoms with Crippen LogP contribution in [0.25, 0.3) is 0 Å². The number of thiazole rings is 1. The number of Topliss-reactive ketones (excluding diaryl/α,β-unsaturated/α-hetero) is 1. The molecule has 3 rings (SSSR count). The van der Waals surface area contributed by atoms with Crippen LogP contribution in [0.1, 0.15) is 16.1 Å². The Morgan fingerprint density at radius 3 is 2.74 bits per heavy atom. The van der Waals surface area contributed by atoms with E-state index in [1.54, 1.807) is 31.4 Å². The molecule has 0 aliphatic carbocycles. The first-order chi connectivity index (χ1) is 13.1. The fraction of sp³-hybridized carbons (Fsp3) is 0.150. The zero-order valence-corrected chi connectivity index (χ0v) is 16.3. The van der Waals surface area contributed by atoms with Gasteiger partial charge in [-0.15, -0.1) is 11.3 Å². The molecule has 0 aliphatic heterocycles. The normalized spacial score (nSPS) is 10.4. The van der Waals surface area contributed by atoms with Crippen molar-refractivity contribution in [2.24, 2.45) is 0 Å². The number of amides is 1. The van der Waals surface area contributed by atoms with Crippen LogP contribution < -0.4 is 10.1 Å². The van der Waals surface area contributed by atoms with Gasteiger partial charge in [0.1, 0.15) is 5.75 Å². The van der Waals surface area contributed by atoms with Gasteiger partial charge in [-0.25, -0.2) is 4.98 Å². The lowest BCUT2D eigenvalue weighted by molar-refractivity contribution is -0.115.